The molecule has 2 aliphatic heterocycles. The SMILES string of the molecule is O=C(c1ccc(OC(F)(F)F)cc1)N1CCC(c2c(F)cnc3[nH]c4c(c23)CC2(CCC4)OCCO2)CC1. The summed E-state index contributed by atoms with van der Waals surface area (Å²) in [7, 11) is 0. The first kappa shape index (κ1) is 25.1. The van der Waals surface area contributed by atoms with E-state index in [1.54, 1.807) is 4.90 Å². The summed E-state index contributed by atoms with van der Waals surface area (Å²) in [5, 5.41) is 0.797. The quantitative estimate of drug-likeness (QED) is 0.466. The van der Waals surface area contributed by atoms with E-state index >= 15 is 4.39 Å². The van der Waals surface area contributed by atoms with Gasteiger partial charge in [-0.05, 0) is 61.4 Å². The lowest BCUT2D eigenvalue weighted by molar-refractivity contribution is -0.274. The topological polar surface area (TPSA) is 76.7 Å². The number of carbonyl (C=O) groups is 1. The number of likely N-dealkylation sites (tertiary alicyclic amines) is 1. The lowest BCUT2D eigenvalue weighted by Gasteiger charge is -2.33. The van der Waals surface area contributed by atoms with Gasteiger partial charge in [0.2, 0.25) is 0 Å². The zero-order chi connectivity index (χ0) is 26.5. The number of amides is 1. The molecule has 4 heterocycles. The molecule has 1 spiro atoms. The number of rotatable bonds is 3. The van der Waals surface area contributed by atoms with Crippen LogP contribution in [0.4, 0.5) is 17.6 Å². The minimum absolute atomic E-state index is 0.114. The smallest absolute Gasteiger partial charge is 0.406 e. The van der Waals surface area contributed by atoms with Crippen LogP contribution in [0.5, 0.6) is 5.75 Å². The number of nitrogens with zero attached hydrogens (tertiary/aromatic N) is 2. The fourth-order valence-corrected chi connectivity index (χ4v) is 6.07. The summed E-state index contributed by atoms with van der Waals surface area (Å²) >= 11 is 0. The highest BCUT2D eigenvalue weighted by Gasteiger charge is 2.41. The van der Waals surface area contributed by atoms with Gasteiger partial charge in [0.25, 0.3) is 5.91 Å². The molecule has 0 saturated carbocycles. The molecule has 0 bridgehead atoms. The maximum Gasteiger partial charge on any atom is 0.573 e. The van der Waals surface area contributed by atoms with Gasteiger partial charge in [0.05, 0.1) is 19.4 Å². The molecule has 2 saturated heterocycles. The Morgan fingerprint density at radius 1 is 1.13 bits per heavy atom. The van der Waals surface area contributed by atoms with Crippen molar-refractivity contribution in [2.75, 3.05) is 26.3 Å². The van der Waals surface area contributed by atoms with E-state index < -0.39 is 12.1 Å². The van der Waals surface area contributed by atoms with E-state index in [4.69, 9.17) is 9.47 Å². The number of H-pyrrole nitrogens is 1. The van der Waals surface area contributed by atoms with E-state index in [1.807, 2.05) is 0 Å². The molecule has 1 N–H and O–H groups in total. The molecule has 7 nitrogen and oxygen atoms in total. The minimum atomic E-state index is -4.80. The van der Waals surface area contributed by atoms with Gasteiger partial charge in [0.15, 0.2) is 5.79 Å². The van der Waals surface area contributed by atoms with E-state index in [1.165, 1.54) is 18.3 Å². The van der Waals surface area contributed by atoms with Crippen LogP contribution in [-0.4, -0.2) is 59.2 Å². The Hall–Kier alpha value is -3.18. The second kappa shape index (κ2) is 9.53. The highest BCUT2D eigenvalue weighted by molar-refractivity contribution is 5.94. The molecule has 0 atom stereocenters. The summed E-state index contributed by atoms with van der Waals surface area (Å²) in [4.78, 5) is 22.4. The van der Waals surface area contributed by atoms with Crippen LogP contribution in [0.3, 0.4) is 0 Å². The Morgan fingerprint density at radius 2 is 1.84 bits per heavy atom. The number of carbonyl (C=O) groups excluding carboxylic acids is 1. The number of alkyl halides is 3. The van der Waals surface area contributed by atoms with Crippen LogP contribution in [0.25, 0.3) is 11.0 Å². The van der Waals surface area contributed by atoms with Crippen LogP contribution >= 0.6 is 0 Å². The number of aryl methyl sites for hydroxylation is 1. The van der Waals surface area contributed by atoms with E-state index in [0.29, 0.717) is 56.8 Å². The Balaban J connectivity index is 1.22. The number of pyridine rings is 1. The van der Waals surface area contributed by atoms with E-state index in [-0.39, 0.29) is 29.0 Å². The third-order valence-electron chi connectivity index (χ3n) is 7.78. The number of ether oxygens (including phenoxy) is 3. The summed E-state index contributed by atoms with van der Waals surface area (Å²) in [6, 6.07) is 4.89. The monoisotopic (exact) mass is 533 g/mol. The molecule has 1 aromatic carbocycles. The van der Waals surface area contributed by atoms with Crippen LogP contribution in [0, 0.1) is 5.82 Å². The number of fused-ring (bicyclic) bond motifs is 3. The average molecular weight is 534 g/mol. The first-order valence-electron chi connectivity index (χ1n) is 12.8. The van der Waals surface area contributed by atoms with Gasteiger partial charge in [-0.15, -0.1) is 13.2 Å². The summed E-state index contributed by atoms with van der Waals surface area (Å²) in [5.41, 5.74) is 3.58. The van der Waals surface area contributed by atoms with Crippen molar-refractivity contribution in [2.24, 2.45) is 0 Å². The molecule has 202 valence electrons. The van der Waals surface area contributed by atoms with Crippen molar-refractivity contribution in [2.45, 2.75) is 56.6 Å². The predicted molar refractivity (Wildman–Crippen MR) is 128 cm³/mol. The standard InChI is InChI=1S/C27H27F4N3O4/c28-20-15-32-24-23(19-14-26(36-12-13-37-26)9-1-2-21(19)33-24)22(20)16-7-10-34(11-8-16)25(35)17-3-5-18(6-4-17)38-27(29,30)31/h3-6,15-16H,1-2,7-14H2,(H,32,33). The molecule has 0 radical (unpaired) electrons. The Kier molecular flexibility index (Phi) is 6.30. The normalized spacial score (nSPS) is 20.1. The molecule has 2 fully saturated rings. The number of hydrogen-bond acceptors (Lipinski definition) is 5. The van der Waals surface area contributed by atoms with Gasteiger partial charge in [-0.3, -0.25) is 4.79 Å². The van der Waals surface area contributed by atoms with Gasteiger partial charge in [-0.2, -0.15) is 0 Å². The van der Waals surface area contributed by atoms with Gasteiger partial charge < -0.3 is 24.1 Å². The molecule has 0 unspecified atom stereocenters. The van der Waals surface area contributed by atoms with Gasteiger partial charge in [0.1, 0.15) is 17.2 Å². The molecule has 6 rings (SSSR count). The van der Waals surface area contributed by atoms with Gasteiger partial charge in [-0.1, -0.05) is 0 Å². The van der Waals surface area contributed by atoms with Crippen LogP contribution in [0.1, 0.15) is 58.8 Å². The Bertz CT molecular complexity index is 1340. The van der Waals surface area contributed by atoms with E-state index in [2.05, 4.69) is 14.7 Å². The predicted octanol–water partition coefficient (Wildman–Crippen LogP) is 5.24. The molecular weight excluding hydrogens is 506 g/mol. The van der Waals surface area contributed by atoms with E-state index in [9.17, 15) is 18.0 Å². The largest absolute Gasteiger partial charge is 0.573 e. The highest BCUT2D eigenvalue weighted by Crippen LogP contribution is 2.42. The van der Waals surface area contributed by atoms with Crippen LogP contribution in [0.15, 0.2) is 30.5 Å². The highest BCUT2D eigenvalue weighted by atomic mass is 19.4. The third kappa shape index (κ3) is 4.73. The number of aromatic amines is 1. The molecule has 38 heavy (non-hydrogen) atoms. The summed E-state index contributed by atoms with van der Waals surface area (Å²) in [6.07, 6.45) is 0.571. The van der Waals surface area contributed by atoms with Crippen LogP contribution in [-0.2, 0) is 22.3 Å². The maximum absolute atomic E-state index is 15.4. The number of piperidine rings is 1. The average Bonchev–Trinajstić information content (AvgIpc) is 3.43. The zero-order valence-electron chi connectivity index (χ0n) is 20.6. The number of aromatic nitrogens is 2. The van der Waals surface area contributed by atoms with Gasteiger partial charge in [-0.25, -0.2) is 9.37 Å². The zero-order valence-corrected chi connectivity index (χ0v) is 20.6. The third-order valence-corrected chi connectivity index (χ3v) is 7.78. The van der Waals surface area contributed by atoms with Crippen molar-refractivity contribution < 1.29 is 36.6 Å². The molecule has 1 amide bonds. The lowest BCUT2D eigenvalue weighted by atomic mass is 9.86. The maximum atomic E-state index is 15.4. The number of halogens is 4. The second-order valence-electron chi connectivity index (χ2n) is 10.1. The molecule has 2 aromatic heterocycles. The Morgan fingerprint density at radius 3 is 2.53 bits per heavy atom. The van der Waals surface area contributed by atoms with Crippen molar-refractivity contribution in [3.05, 3.63) is 58.7 Å². The van der Waals surface area contributed by atoms with E-state index in [0.717, 1.165) is 48.0 Å². The lowest BCUT2D eigenvalue weighted by Crippen LogP contribution is -2.38. The van der Waals surface area contributed by atoms with Crippen LogP contribution < -0.4 is 4.74 Å². The summed E-state index contributed by atoms with van der Waals surface area (Å²) in [5.74, 6) is -1.82. The fraction of sp³-hybridized carbons (Fsp3) is 0.481. The summed E-state index contributed by atoms with van der Waals surface area (Å²) < 4.78 is 68.5. The summed E-state index contributed by atoms with van der Waals surface area (Å²) in [6.45, 7) is 1.89. The first-order chi connectivity index (χ1) is 18.2. The Labute approximate surface area is 216 Å². The van der Waals surface area contributed by atoms with Crippen molar-refractivity contribution >= 4 is 16.9 Å². The molecule has 3 aromatic rings. The molecule has 11 heteroatoms. The molecule has 3 aliphatic rings. The van der Waals surface area contributed by atoms with Crippen molar-refractivity contribution in [1.29, 1.82) is 0 Å². The van der Waals surface area contributed by atoms with Crippen molar-refractivity contribution in [1.82, 2.24) is 14.9 Å². The molecular formula is C27H27F4N3O4. The fourth-order valence-electron chi connectivity index (χ4n) is 6.07. The number of nitrogens with one attached hydrogen (secondary N) is 1. The minimum Gasteiger partial charge on any atom is -0.406 e. The van der Waals surface area contributed by atoms with Crippen molar-refractivity contribution in [3.63, 3.8) is 0 Å². The van der Waals surface area contributed by atoms with Crippen molar-refractivity contribution in [3.8, 4) is 5.75 Å². The number of hydrogen-bond donors (Lipinski definition) is 1. The van der Waals surface area contributed by atoms with Gasteiger partial charge in [0, 0.05) is 48.1 Å². The number of benzene rings is 1. The van der Waals surface area contributed by atoms with Gasteiger partial charge >= 0.3 is 6.36 Å². The first-order valence-corrected chi connectivity index (χ1v) is 12.8. The van der Waals surface area contributed by atoms with Crippen LogP contribution in [0.2, 0.25) is 0 Å². The second-order valence-corrected chi connectivity index (χ2v) is 10.1. The molecule has 1 aliphatic carbocycles.